The molecule has 0 saturated carbocycles. The van der Waals surface area contributed by atoms with Gasteiger partial charge in [-0.2, -0.15) is 0 Å². The minimum Gasteiger partial charge on any atom is -0.376 e. The van der Waals surface area contributed by atoms with Gasteiger partial charge in [0.1, 0.15) is 0 Å². The van der Waals surface area contributed by atoms with Crippen molar-refractivity contribution in [2.75, 3.05) is 19.8 Å². The van der Waals surface area contributed by atoms with E-state index in [1.807, 2.05) is 38.6 Å². The minimum absolute atomic E-state index is 0.0318. The molecule has 0 atom stereocenters. The van der Waals surface area contributed by atoms with Gasteiger partial charge in [-0.15, -0.1) is 5.10 Å². The molecule has 0 spiro atoms. The molecule has 1 aromatic rings. The van der Waals surface area contributed by atoms with Crippen LogP contribution in [-0.4, -0.2) is 51.9 Å². The first-order valence-corrected chi connectivity index (χ1v) is 9.61. The van der Waals surface area contributed by atoms with Gasteiger partial charge in [-0.1, -0.05) is 5.21 Å². The van der Waals surface area contributed by atoms with Crippen LogP contribution in [0.1, 0.15) is 66.5 Å². The lowest BCUT2D eigenvalue weighted by atomic mass is 10.1. The van der Waals surface area contributed by atoms with Crippen molar-refractivity contribution in [2.24, 2.45) is 0 Å². The molecule has 1 N–H and O–H groups in total. The number of ether oxygens (including phenoxy) is 2. The standard InChI is InChI=1S/C19H36N4O3/c1-7-25-18(3,4)11-13-20-17(24)10-9-16-15-23(22-21-16)14-12-19(5,6)26-8-2/h15H,7-14H2,1-6H3,(H,20,24). The van der Waals surface area contributed by atoms with Crippen LogP contribution in [0, 0.1) is 0 Å². The van der Waals surface area contributed by atoms with E-state index >= 15 is 0 Å². The van der Waals surface area contributed by atoms with E-state index in [4.69, 9.17) is 9.47 Å². The predicted molar refractivity (Wildman–Crippen MR) is 102 cm³/mol. The maximum absolute atomic E-state index is 12.0. The summed E-state index contributed by atoms with van der Waals surface area (Å²) in [7, 11) is 0. The summed E-state index contributed by atoms with van der Waals surface area (Å²) in [5.41, 5.74) is 0.458. The second kappa shape index (κ2) is 10.6. The lowest BCUT2D eigenvalue weighted by molar-refractivity contribution is -0.121. The molecule has 26 heavy (non-hydrogen) atoms. The SMILES string of the molecule is CCOC(C)(C)CCNC(=O)CCc1cn(CCC(C)(C)OCC)nn1. The zero-order valence-electron chi connectivity index (χ0n) is 17.3. The molecule has 0 saturated heterocycles. The van der Waals surface area contributed by atoms with Gasteiger partial charge >= 0.3 is 0 Å². The van der Waals surface area contributed by atoms with Gasteiger partial charge in [0.25, 0.3) is 0 Å². The number of amides is 1. The van der Waals surface area contributed by atoms with E-state index in [-0.39, 0.29) is 17.1 Å². The fraction of sp³-hybridized carbons (Fsp3) is 0.842. The Kier molecular flexibility index (Phi) is 9.22. The van der Waals surface area contributed by atoms with Crippen molar-refractivity contribution in [1.82, 2.24) is 20.3 Å². The molecule has 0 aliphatic heterocycles. The van der Waals surface area contributed by atoms with Crippen LogP contribution in [0.4, 0.5) is 0 Å². The molecular weight excluding hydrogens is 332 g/mol. The van der Waals surface area contributed by atoms with E-state index in [1.54, 1.807) is 0 Å². The first-order chi connectivity index (χ1) is 12.2. The van der Waals surface area contributed by atoms with Crippen molar-refractivity contribution >= 4 is 5.91 Å². The molecule has 0 fully saturated rings. The van der Waals surface area contributed by atoms with Crippen LogP contribution in [0.5, 0.6) is 0 Å². The van der Waals surface area contributed by atoms with Crippen LogP contribution >= 0.6 is 0 Å². The summed E-state index contributed by atoms with van der Waals surface area (Å²) >= 11 is 0. The van der Waals surface area contributed by atoms with Gasteiger partial charge in [0.05, 0.1) is 16.9 Å². The number of nitrogens with one attached hydrogen (secondary N) is 1. The van der Waals surface area contributed by atoms with E-state index in [9.17, 15) is 4.79 Å². The molecule has 1 aromatic heterocycles. The molecule has 1 rings (SSSR count). The number of nitrogens with zero attached hydrogens (tertiary/aromatic N) is 3. The monoisotopic (exact) mass is 368 g/mol. The smallest absolute Gasteiger partial charge is 0.220 e. The van der Waals surface area contributed by atoms with Gasteiger partial charge in [0.15, 0.2) is 0 Å². The van der Waals surface area contributed by atoms with Gasteiger partial charge in [0.2, 0.25) is 5.91 Å². The Morgan fingerprint density at radius 1 is 1.12 bits per heavy atom. The normalized spacial score (nSPS) is 12.4. The highest BCUT2D eigenvalue weighted by Gasteiger charge is 2.18. The van der Waals surface area contributed by atoms with E-state index in [0.717, 1.165) is 25.1 Å². The summed E-state index contributed by atoms with van der Waals surface area (Å²) in [4.78, 5) is 12.0. The Morgan fingerprint density at radius 2 is 1.73 bits per heavy atom. The van der Waals surface area contributed by atoms with Crippen molar-refractivity contribution < 1.29 is 14.3 Å². The summed E-state index contributed by atoms with van der Waals surface area (Å²) in [5.74, 6) is 0.0318. The molecule has 0 radical (unpaired) electrons. The van der Waals surface area contributed by atoms with Crippen LogP contribution in [0.25, 0.3) is 0 Å². The zero-order valence-corrected chi connectivity index (χ0v) is 17.3. The zero-order chi connectivity index (χ0) is 19.6. The number of rotatable bonds is 13. The van der Waals surface area contributed by atoms with E-state index in [1.165, 1.54) is 0 Å². The second-order valence-corrected chi connectivity index (χ2v) is 7.71. The van der Waals surface area contributed by atoms with Gasteiger partial charge in [-0.25, -0.2) is 0 Å². The fourth-order valence-corrected chi connectivity index (χ4v) is 2.70. The molecule has 1 heterocycles. The highest BCUT2D eigenvalue weighted by Crippen LogP contribution is 2.15. The maximum Gasteiger partial charge on any atom is 0.220 e. The lowest BCUT2D eigenvalue weighted by Crippen LogP contribution is -2.33. The minimum atomic E-state index is -0.208. The van der Waals surface area contributed by atoms with Crippen molar-refractivity contribution in [3.8, 4) is 0 Å². The van der Waals surface area contributed by atoms with E-state index in [0.29, 0.717) is 32.6 Å². The molecule has 150 valence electrons. The first kappa shape index (κ1) is 22.6. The average molecular weight is 369 g/mol. The highest BCUT2D eigenvalue weighted by molar-refractivity contribution is 5.76. The number of carbonyl (C=O) groups is 1. The summed E-state index contributed by atoms with van der Waals surface area (Å²) in [6, 6.07) is 0. The van der Waals surface area contributed by atoms with Crippen LogP contribution in [0.3, 0.4) is 0 Å². The second-order valence-electron chi connectivity index (χ2n) is 7.71. The Bertz CT molecular complexity index is 541. The molecular formula is C19H36N4O3. The average Bonchev–Trinajstić information content (AvgIpc) is 2.99. The van der Waals surface area contributed by atoms with Crippen molar-refractivity contribution in [1.29, 1.82) is 0 Å². The largest absolute Gasteiger partial charge is 0.376 e. The third kappa shape index (κ3) is 9.29. The van der Waals surface area contributed by atoms with Crippen molar-refractivity contribution in [2.45, 2.75) is 85.0 Å². The molecule has 7 nitrogen and oxygen atoms in total. The quantitative estimate of drug-likeness (QED) is 0.579. The third-order valence-electron chi connectivity index (χ3n) is 4.26. The molecule has 0 aromatic carbocycles. The summed E-state index contributed by atoms with van der Waals surface area (Å²) in [6.07, 6.45) is 4.57. The molecule has 7 heteroatoms. The van der Waals surface area contributed by atoms with Gasteiger partial charge < -0.3 is 14.8 Å². The fourth-order valence-electron chi connectivity index (χ4n) is 2.70. The topological polar surface area (TPSA) is 78.3 Å². The number of aryl methyl sites for hydroxylation is 2. The number of hydrogen-bond acceptors (Lipinski definition) is 5. The van der Waals surface area contributed by atoms with Crippen LogP contribution in [0.2, 0.25) is 0 Å². The lowest BCUT2D eigenvalue weighted by Gasteiger charge is -2.24. The molecule has 0 unspecified atom stereocenters. The predicted octanol–water partition coefficient (Wildman–Crippen LogP) is 2.74. The van der Waals surface area contributed by atoms with Crippen LogP contribution < -0.4 is 5.32 Å². The molecule has 1 amide bonds. The Morgan fingerprint density at radius 3 is 2.35 bits per heavy atom. The van der Waals surface area contributed by atoms with E-state index in [2.05, 4.69) is 29.5 Å². The Balaban J connectivity index is 2.29. The summed E-state index contributed by atoms with van der Waals surface area (Å²) in [6.45, 7) is 14.9. The molecule has 0 aliphatic rings. The highest BCUT2D eigenvalue weighted by atomic mass is 16.5. The molecule has 0 aliphatic carbocycles. The van der Waals surface area contributed by atoms with Gasteiger partial charge in [-0.05, 0) is 54.4 Å². The van der Waals surface area contributed by atoms with E-state index < -0.39 is 0 Å². The van der Waals surface area contributed by atoms with Gasteiger partial charge in [0, 0.05) is 45.3 Å². The van der Waals surface area contributed by atoms with Crippen LogP contribution in [0.15, 0.2) is 6.20 Å². The van der Waals surface area contributed by atoms with Gasteiger partial charge in [-0.3, -0.25) is 9.48 Å². The Hall–Kier alpha value is -1.47. The summed E-state index contributed by atoms with van der Waals surface area (Å²) in [5, 5.41) is 11.2. The van der Waals surface area contributed by atoms with Crippen molar-refractivity contribution in [3.63, 3.8) is 0 Å². The van der Waals surface area contributed by atoms with Crippen LogP contribution in [-0.2, 0) is 27.2 Å². The molecule has 0 bridgehead atoms. The Labute approximate surface area is 157 Å². The first-order valence-electron chi connectivity index (χ1n) is 9.61. The number of carbonyl (C=O) groups excluding carboxylic acids is 1. The third-order valence-corrected chi connectivity index (χ3v) is 4.26. The number of hydrogen-bond donors (Lipinski definition) is 1. The van der Waals surface area contributed by atoms with Crippen molar-refractivity contribution in [3.05, 3.63) is 11.9 Å². The maximum atomic E-state index is 12.0. The number of aromatic nitrogens is 3. The summed E-state index contributed by atoms with van der Waals surface area (Å²) < 4.78 is 13.1.